The molecule has 0 unspecified atom stereocenters. The lowest BCUT2D eigenvalue weighted by Crippen LogP contribution is -2.46. The van der Waals surface area contributed by atoms with Crippen LogP contribution >= 0.6 is 0 Å². The van der Waals surface area contributed by atoms with Gasteiger partial charge in [0.05, 0.1) is 34.1 Å². The summed E-state index contributed by atoms with van der Waals surface area (Å²) in [7, 11) is -7.91. The topological polar surface area (TPSA) is 129 Å². The maximum absolute atomic E-state index is 13.5. The molecule has 2 aromatic rings. The van der Waals surface area contributed by atoms with E-state index in [-0.39, 0.29) is 17.0 Å². The quantitative estimate of drug-likeness (QED) is 0.688. The van der Waals surface area contributed by atoms with Crippen LogP contribution in [-0.4, -0.2) is 61.0 Å². The fourth-order valence-corrected chi connectivity index (χ4v) is 7.16. The smallest absolute Gasteiger partial charge is 0.335 e. The summed E-state index contributed by atoms with van der Waals surface area (Å²) in [4.78, 5) is 11.1. The molecule has 8 nitrogen and oxygen atoms in total. The average Bonchev–Trinajstić information content (AvgIpc) is 2.92. The summed E-state index contributed by atoms with van der Waals surface area (Å²) in [5.74, 6) is -2.30. The van der Waals surface area contributed by atoms with Crippen molar-refractivity contribution in [2.75, 3.05) is 11.5 Å². The van der Waals surface area contributed by atoms with E-state index in [2.05, 4.69) is 0 Å². The van der Waals surface area contributed by atoms with Gasteiger partial charge in [-0.2, -0.15) is 4.31 Å². The number of rotatable bonds is 6. The molecule has 0 saturated carbocycles. The van der Waals surface area contributed by atoms with Gasteiger partial charge in [-0.1, -0.05) is 36.4 Å². The molecule has 2 N–H and O–H groups in total. The number of sulfone groups is 1. The van der Waals surface area contributed by atoms with Crippen LogP contribution in [0.1, 0.15) is 21.5 Å². The van der Waals surface area contributed by atoms with Crippen LogP contribution in [0.25, 0.3) is 0 Å². The molecule has 1 fully saturated rings. The van der Waals surface area contributed by atoms with Crippen LogP contribution in [0.4, 0.5) is 0 Å². The van der Waals surface area contributed by atoms with Gasteiger partial charge in [-0.25, -0.2) is 21.6 Å². The lowest BCUT2D eigenvalue weighted by Gasteiger charge is -2.30. The molecule has 1 aliphatic heterocycles. The van der Waals surface area contributed by atoms with E-state index < -0.39 is 49.5 Å². The zero-order valence-electron chi connectivity index (χ0n) is 15.6. The summed E-state index contributed by atoms with van der Waals surface area (Å²) in [5.41, 5.74) is 0.733. The molecule has 0 aromatic heterocycles. The molecular weight excluding hydrogens is 418 g/mol. The highest BCUT2D eigenvalue weighted by atomic mass is 32.2. The molecule has 3 rings (SSSR count). The van der Waals surface area contributed by atoms with Crippen molar-refractivity contribution < 1.29 is 31.8 Å². The van der Waals surface area contributed by atoms with Crippen molar-refractivity contribution in [3.8, 4) is 0 Å². The number of aliphatic hydroxyl groups excluding tert-OH is 1. The monoisotopic (exact) mass is 439 g/mol. The fourth-order valence-electron chi connectivity index (χ4n) is 3.37. The van der Waals surface area contributed by atoms with Crippen molar-refractivity contribution in [2.24, 2.45) is 0 Å². The number of benzene rings is 2. The van der Waals surface area contributed by atoms with Crippen LogP contribution in [0, 0.1) is 6.92 Å². The van der Waals surface area contributed by atoms with Gasteiger partial charge in [0.15, 0.2) is 9.84 Å². The van der Waals surface area contributed by atoms with E-state index in [1.165, 1.54) is 19.1 Å². The highest BCUT2D eigenvalue weighted by Gasteiger charge is 2.45. The number of sulfonamides is 1. The Labute approximate surface area is 169 Å². The van der Waals surface area contributed by atoms with E-state index in [1.54, 1.807) is 30.3 Å². The lowest BCUT2D eigenvalue weighted by atomic mass is 10.1. The van der Waals surface area contributed by atoms with E-state index in [0.717, 1.165) is 10.4 Å². The van der Waals surface area contributed by atoms with Crippen LogP contribution in [0.3, 0.4) is 0 Å². The Morgan fingerprint density at radius 1 is 1.14 bits per heavy atom. The molecule has 156 valence electrons. The maximum atomic E-state index is 13.5. The number of aliphatic hydroxyl groups is 1. The molecule has 2 atom stereocenters. The predicted octanol–water partition coefficient (Wildman–Crippen LogP) is 1.04. The second kappa shape index (κ2) is 7.86. The fraction of sp³-hybridized carbons (Fsp3) is 0.316. The van der Waals surface area contributed by atoms with Gasteiger partial charge in [-0.05, 0) is 30.2 Å². The Hall–Kier alpha value is -2.27. The first kappa shape index (κ1) is 21.4. The normalized spacial score (nSPS) is 21.3. The number of aromatic carboxylic acids is 1. The number of hydrogen-bond acceptors (Lipinski definition) is 6. The minimum absolute atomic E-state index is 0.156. The van der Waals surface area contributed by atoms with Crippen LogP contribution in [0.5, 0.6) is 0 Å². The van der Waals surface area contributed by atoms with Crippen molar-refractivity contribution in [3.05, 3.63) is 65.2 Å². The first-order valence-electron chi connectivity index (χ1n) is 8.79. The predicted molar refractivity (Wildman–Crippen MR) is 106 cm³/mol. The molecule has 1 heterocycles. The lowest BCUT2D eigenvalue weighted by molar-refractivity contribution is 0.0696. The van der Waals surface area contributed by atoms with Crippen molar-refractivity contribution in [2.45, 2.75) is 30.5 Å². The molecule has 10 heteroatoms. The van der Waals surface area contributed by atoms with Crippen LogP contribution < -0.4 is 0 Å². The van der Waals surface area contributed by atoms with Gasteiger partial charge >= 0.3 is 5.97 Å². The number of carbonyl (C=O) groups is 1. The van der Waals surface area contributed by atoms with E-state index in [4.69, 9.17) is 0 Å². The molecule has 1 saturated heterocycles. The van der Waals surface area contributed by atoms with Crippen LogP contribution in [0.15, 0.2) is 53.4 Å². The van der Waals surface area contributed by atoms with Gasteiger partial charge < -0.3 is 10.2 Å². The second-order valence-electron chi connectivity index (χ2n) is 7.03. The van der Waals surface area contributed by atoms with Gasteiger partial charge in [-0.3, -0.25) is 0 Å². The zero-order valence-corrected chi connectivity index (χ0v) is 17.2. The summed E-state index contributed by atoms with van der Waals surface area (Å²) < 4.78 is 52.0. The number of carboxylic acids is 1. The third-order valence-electron chi connectivity index (χ3n) is 4.87. The van der Waals surface area contributed by atoms with Gasteiger partial charge in [0.2, 0.25) is 10.0 Å². The van der Waals surface area contributed by atoms with Gasteiger partial charge in [0, 0.05) is 6.54 Å². The Morgan fingerprint density at radius 2 is 1.79 bits per heavy atom. The van der Waals surface area contributed by atoms with E-state index in [9.17, 15) is 31.8 Å². The Kier molecular flexibility index (Phi) is 5.81. The minimum atomic E-state index is -4.31. The van der Waals surface area contributed by atoms with Gasteiger partial charge in [0.25, 0.3) is 0 Å². The molecular formula is C19H21NO7S2. The van der Waals surface area contributed by atoms with Crippen molar-refractivity contribution in [1.82, 2.24) is 4.31 Å². The Balaban J connectivity index is 2.12. The number of hydrogen-bond donors (Lipinski definition) is 2. The van der Waals surface area contributed by atoms with Crippen molar-refractivity contribution in [3.63, 3.8) is 0 Å². The summed E-state index contributed by atoms with van der Waals surface area (Å²) in [6.07, 6.45) is -1.37. The van der Waals surface area contributed by atoms with Crippen LogP contribution in [-0.2, 0) is 26.4 Å². The van der Waals surface area contributed by atoms with Gasteiger partial charge in [0.1, 0.15) is 0 Å². The zero-order chi connectivity index (χ0) is 21.4. The first-order valence-corrected chi connectivity index (χ1v) is 12.1. The highest BCUT2D eigenvalue weighted by molar-refractivity contribution is 7.92. The van der Waals surface area contributed by atoms with Crippen molar-refractivity contribution >= 4 is 25.8 Å². The molecule has 1 aliphatic rings. The molecule has 2 aromatic carbocycles. The summed E-state index contributed by atoms with van der Waals surface area (Å²) in [6.45, 7) is 1.37. The molecule has 0 spiro atoms. The Bertz CT molecular complexity index is 1130. The van der Waals surface area contributed by atoms with Crippen LogP contribution in [0.2, 0.25) is 0 Å². The summed E-state index contributed by atoms with van der Waals surface area (Å²) in [6, 6.07) is 11.2. The molecule has 0 radical (unpaired) electrons. The molecule has 0 bridgehead atoms. The molecule has 0 amide bonds. The second-order valence-corrected chi connectivity index (χ2v) is 11.0. The Morgan fingerprint density at radius 3 is 2.34 bits per heavy atom. The maximum Gasteiger partial charge on any atom is 0.335 e. The van der Waals surface area contributed by atoms with Gasteiger partial charge in [-0.15, -0.1) is 0 Å². The van der Waals surface area contributed by atoms with Crippen molar-refractivity contribution in [1.29, 1.82) is 0 Å². The summed E-state index contributed by atoms with van der Waals surface area (Å²) >= 11 is 0. The number of nitrogens with zero attached hydrogens (tertiary/aromatic N) is 1. The third kappa shape index (κ3) is 4.50. The first-order chi connectivity index (χ1) is 13.5. The number of aryl methyl sites for hydroxylation is 1. The van der Waals surface area contributed by atoms with E-state index in [0.29, 0.717) is 11.1 Å². The highest BCUT2D eigenvalue weighted by Crippen LogP contribution is 2.29. The third-order valence-corrected chi connectivity index (χ3v) is 8.58. The average molecular weight is 440 g/mol. The molecule has 29 heavy (non-hydrogen) atoms. The van der Waals surface area contributed by atoms with E-state index in [1.807, 2.05) is 0 Å². The minimum Gasteiger partial charge on any atom is -0.478 e. The molecule has 0 aliphatic carbocycles. The standard InChI is InChI=1S/C19H21NO7S2/c1-13-7-8-15(19(22)23)9-18(13)29(26,27)20(10-14-5-3-2-4-6-14)16-11-28(24,25)12-17(16)21/h2-9,16-17,21H,10-12H2,1H3,(H,22,23)/t16-,17+/m0/s1. The largest absolute Gasteiger partial charge is 0.478 e. The number of carboxylic acid groups (broad SMARTS) is 1. The SMILES string of the molecule is Cc1ccc(C(=O)O)cc1S(=O)(=O)N(Cc1ccccc1)[C@H]1CS(=O)(=O)C[C@H]1O. The van der Waals surface area contributed by atoms with E-state index >= 15 is 0 Å². The summed E-state index contributed by atoms with van der Waals surface area (Å²) in [5, 5.41) is 19.6.